The van der Waals surface area contributed by atoms with Gasteiger partial charge < -0.3 is 10.4 Å². The summed E-state index contributed by atoms with van der Waals surface area (Å²) in [5, 5.41) is 17.4. The van der Waals surface area contributed by atoms with Gasteiger partial charge >= 0.3 is 0 Å². The van der Waals surface area contributed by atoms with Crippen molar-refractivity contribution in [3.05, 3.63) is 52.2 Å². The standard InChI is InChI=1S/C15H19NOS/c1-2-7-16-15(13-6-8-18-11-13)10-12-4-3-5-14(17)9-12/h3-6,8-9,11,15-17H,2,7,10H2,1H3. The maximum atomic E-state index is 9.51. The molecule has 0 spiro atoms. The zero-order valence-corrected chi connectivity index (χ0v) is 11.4. The van der Waals surface area contributed by atoms with Crippen molar-refractivity contribution in [2.75, 3.05) is 6.54 Å². The largest absolute Gasteiger partial charge is 0.508 e. The Morgan fingerprint density at radius 2 is 2.22 bits per heavy atom. The number of rotatable bonds is 6. The van der Waals surface area contributed by atoms with E-state index in [2.05, 4.69) is 35.1 Å². The summed E-state index contributed by atoms with van der Waals surface area (Å²) in [7, 11) is 0. The maximum Gasteiger partial charge on any atom is 0.115 e. The first-order valence-electron chi connectivity index (χ1n) is 6.33. The Bertz CT molecular complexity index is 467. The van der Waals surface area contributed by atoms with Crippen molar-refractivity contribution in [3.63, 3.8) is 0 Å². The van der Waals surface area contributed by atoms with E-state index in [1.54, 1.807) is 17.4 Å². The number of hydrogen-bond donors (Lipinski definition) is 2. The average molecular weight is 261 g/mol. The number of thiophene rings is 1. The molecule has 2 aromatic rings. The van der Waals surface area contributed by atoms with Crippen molar-refractivity contribution in [3.8, 4) is 5.75 Å². The second-order valence-corrected chi connectivity index (χ2v) is 5.22. The number of phenolic OH excluding ortho intramolecular Hbond substituents is 1. The summed E-state index contributed by atoms with van der Waals surface area (Å²) in [4.78, 5) is 0. The van der Waals surface area contributed by atoms with Crippen LogP contribution in [-0.4, -0.2) is 11.7 Å². The third-order valence-corrected chi connectivity index (χ3v) is 3.64. The van der Waals surface area contributed by atoms with E-state index in [0.29, 0.717) is 11.8 Å². The molecule has 0 saturated carbocycles. The molecule has 0 aliphatic carbocycles. The fraction of sp³-hybridized carbons (Fsp3) is 0.333. The zero-order chi connectivity index (χ0) is 12.8. The summed E-state index contributed by atoms with van der Waals surface area (Å²) in [5.41, 5.74) is 2.49. The van der Waals surface area contributed by atoms with Gasteiger partial charge in [0.25, 0.3) is 0 Å². The predicted molar refractivity (Wildman–Crippen MR) is 77.2 cm³/mol. The van der Waals surface area contributed by atoms with E-state index in [9.17, 15) is 5.11 Å². The first-order valence-corrected chi connectivity index (χ1v) is 7.27. The SMILES string of the molecule is CCCNC(Cc1cccc(O)c1)c1ccsc1. The van der Waals surface area contributed by atoms with E-state index < -0.39 is 0 Å². The highest BCUT2D eigenvalue weighted by Crippen LogP contribution is 2.22. The van der Waals surface area contributed by atoms with Crippen LogP contribution in [0.4, 0.5) is 0 Å². The van der Waals surface area contributed by atoms with Crippen LogP contribution in [0.3, 0.4) is 0 Å². The van der Waals surface area contributed by atoms with Crippen LogP contribution in [0.2, 0.25) is 0 Å². The number of aromatic hydroxyl groups is 1. The highest BCUT2D eigenvalue weighted by atomic mass is 32.1. The van der Waals surface area contributed by atoms with Gasteiger partial charge in [0, 0.05) is 6.04 Å². The summed E-state index contributed by atoms with van der Waals surface area (Å²) >= 11 is 1.73. The number of hydrogen-bond acceptors (Lipinski definition) is 3. The molecular formula is C15H19NOS. The van der Waals surface area contributed by atoms with Crippen LogP contribution < -0.4 is 5.32 Å². The molecule has 0 aliphatic rings. The lowest BCUT2D eigenvalue weighted by atomic mass is 10.0. The van der Waals surface area contributed by atoms with E-state index in [1.807, 2.05) is 12.1 Å². The van der Waals surface area contributed by atoms with Crippen molar-refractivity contribution in [1.29, 1.82) is 0 Å². The van der Waals surface area contributed by atoms with Crippen LogP contribution >= 0.6 is 11.3 Å². The average Bonchev–Trinajstić information content (AvgIpc) is 2.88. The van der Waals surface area contributed by atoms with Gasteiger partial charge in [0.15, 0.2) is 0 Å². The topological polar surface area (TPSA) is 32.3 Å². The molecule has 0 bridgehead atoms. The minimum absolute atomic E-state index is 0.331. The number of nitrogens with one attached hydrogen (secondary N) is 1. The van der Waals surface area contributed by atoms with Crippen LogP contribution in [0.5, 0.6) is 5.75 Å². The van der Waals surface area contributed by atoms with E-state index in [0.717, 1.165) is 24.9 Å². The van der Waals surface area contributed by atoms with E-state index >= 15 is 0 Å². The minimum Gasteiger partial charge on any atom is -0.508 e. The van der Waals surface area contributed by atoms with Gasteiger partial charge in [-0.2, -0.15) is 11.3 Å². The summed E-state index contributed by atoms with van der Waals surface area (Å²) in [6, 6.07) is 10.0. The molecule has 2 nitrogen and oxygen atoms in total. The second-order valence-electron chi connectivity index (χ2n) is 4.44. The van der Waals surface area contributed by atoms with Gasteiger partial charge in [-0.3, -0.25) is 0 Å². The number of benzene rings is 1. The summed E-state index contributed by atoms with van der Waals surface area (Å²) < 4.78 is 0. The normalized spacial score (nSPS) is 12.5. The summed E-state index contributed by atoms with van der Waals surface area (Å²) in [6.07, 6.45) is 2.03. The molecule has 96 valence electrons. The van der Waals surface area contributed by atoms with E-state index in [4.69, 9.17) is 0 Å². The van der Waals surface area contributed by atoms with Crippen molar-refractivity contribution in [2.24, 2.45) is 0 Å². The molecule has 1 heterocycles. The molecule has 0 radical (unpaired) electrons. The molecule has 0 amide bonds. The molecular weight excluding hydrogens is 242 g/mol. The van der Waals surface area contributed by atoms with Gasteiger partial charge in [-0.1, -0.05) is 19.1 Å². The Labute approximate surface area is 112 Å². The van der Waals surface area contributed by atoms with E-state index in [1.165, 1.54) is 5.56 Å². The van der Waals surface area contributed by atoms with Crippen molar-refractivity contribution >= 4 is 11.3 Å². The molecule has 1 unspecified atom stereocenters. The molecule has 0 saturated heterocycles. The first-order chi connectivity index (χ1) is 8.79. The second kappa shape index (κ2) is 6.57. The smallest absolute Gasteiger partial charge is 0.115 e. The lowest BCUT2D eigenvalue weighted by Crippen LogP contribution is -2.23. The summed E-state index contributed by atoms with van der Waals surface area (Å²) in [5.74, 6) is 0.340. The van der Waals surface area contributed by atoms with Crippen molar-refractivity contribution in [2.45, 2.75) is 25.8 Å². The Morgan fingerprint density at radius 1 is 1.33 bits per heavy atom. The molecule has 2 N–H and O–H groups in total. The molecule has 0 aliphatic heterocycles. The molecule has 18 heavy (non-hydrogen) atoms. The Kier molecular flexibility index (Phi) is 4.79. The highest BCUT2D eigenvalue weighted by molar-refractivity contribution is 7.07. The maximum absolute atomic E-state index is 9.51. The van der Waals surface area contributed by atoms with Gasteiger partial charge in [0.2, 0.25) is 0 Å². The van der Waals surface area contributed by atoms with Crippen LogP contribution in [0.25, 0.3) is 0 Å². The quantitative estimate of drug-likeness (QED) is 0.830. The Balaban J connectivity index is 2.10. The molecule has 3 heteroatoms. The first kappa shape index (κ1) is 13.1. The van der Waals surface area contributed by atoms with Gasteiger partial charge in [0.1, 0.15) is 5.75 Å². The Morgan fingerprint density at radius 3 is 2.89 bits per heavy atom. The van der Waals surface area contributed by atoms with Crippen LogP contribution in [0.15, 0.2) is 41.1 Å². The van der Waals surface area contributed by atoms with Gasteiger partial charge in [-0.05, 0) is 59.5 Å². The molecule has 1 aromatic carbocycles. The summed E-state index contributed by atoms with van der Waals surface area (Å²) in [6.45, 7) is 3.19. The van der Waals surface area contributed by atoms with Gasteiger partial charge in [0.05, 0.1) is 0 Å². The number of phenols is 1. The lowest BCUT2D eigenvalue weighted by molar-refractivity contribution is 0.473. The third kappa shape index (κ3) is 3.59. The third-order valence-electron chi connectivity index (χ3n) is 2.94. The Hall–Kier alpha value is -1.32. The zero-order valence-electron chi connectivity index (χ0n) is 10.6. The van der Waals surface area contributed by atoms with Crippen LogP contribution in [-0.2, 0) is 6.42 Å². The van der Waals surface area contributed by atoms with Crippen molar-refractivity contribution < 1.29 is 5.11 Å². The molecule has 1 aromatic heterocycles. The fourth-order valence-electron chi connectivity index (χ4n) is 2.02. The molecule has 1 atom stereocenters. The van der Waals surface area contributed by atoms with Crippen LogP contribution in [0, 0.1) is 0 Å². The van der Waals surface area contributed by atoms with Crippen molar-refractivity contribution in [1.82, 2.24) is 5.32 Å². The molecule has 2 rings (SSSR count). The monoisotopic (exact) mass is 261 g/mol. The highest BCUT2D eigenvalue weighted by Gasteiger charge is 2.12. The molecule has 0 fully saturated rings. The minimum atomic E-state index is 0.331. The van der Waals surface area contributed by atoms with Crippen LogP contribution in [0.1, 0.15) is 30.5 Å². The predicted octanol–water partition coefficient (Wildman–Crippen LogP) is 3.74. The fourth-order valence-corrected chi connectivity index (χ4v) is 2.73. The van der Waals surface area contributed by atoms with Gasteiger partial charge in [-0.15, -0.1) is 0 Å². The van der Waals surface area contributed by atoms with E-state index in [-0.39, 0.29) is 0 Å². The van der Waals surface area contributed by atoms with Gasteiger partial charge in [-0.25, -0.2) is 0 Å². The lowest BCUT2D eigenvalue weighted by Gasteiger charge is -2.17.